The summed E-state index contributed by atoms with van der Waals surface area (Å²) in [4.78, 5) is 37.3. The van der Waals surface area contributed by atoms with Gasteiger partial charge in [-0.1, -0.05) is 49.4 Å². The minimum absolute atomic E-state index is 0.0632. The van der Waals surface area contributed by atoms with E-state index in [-0.39, 0.29) is 25.3 Å². The number of fused-ring (bicyclic) bond motifs is 1. The van der Waals surface area contributed by atoms with Crippen LogP contribution in [0.3, 0.4) is 0 Å². The second-order valence-electron chi connectivity index (χ2n) is 7.66. The lowest BCUT2D eigenvalue weighted by atomic mass is 9.96. The van der Waals surface area contributed by atoms with Crippen LogP contribution in [-0.2, 0) is 20.8 Å². The normalized spacial score (nSPS) is 15.0. The molecule has 0 aromatic heterocycles. The van der Waals surface area contributed by atoms with E-state index >= 15 is 0 Å². The Bertz CT molecular complexity index is 915. The summed E-state index contributed by atoms with van der Waals surface area (Å²) in [5, 5.41) is 17.3. The van der Waals surface area contributed by atoms with E-state index in [9.17, 15) is 19.5 Å². The van der Waals surface area contributed by atoms with Crippen LogP contribution in [0.25, 0.3) is 10.8 Å². The van der Waals surface area contributed by atoms with Crippen LogP contribution >= 0.6 is 0 Å². The van der Waals surface area contributed by atoms with Gasteiger partial charge in [-0.05, 0) is 29.7 Å². The summed E-state index contributed by atoms with van der Waals surface area (Å²) in [6.45, 7) is 3.08. The van der Waals surface area contributed by atoms with Crippen molar-refractivity contribution in [3.05, 3.63) is 48.0 Å². The van der Waals surface area contributed by atoms with Crippen molar-refractivity contribution in [2.45, 2.75) is 44.9 Å². The number of nitrogens with one attached hydrogen (secondary N) is 2. The lowest BCUT2D eigenvalue weighted by Crippen LogP contribution is -2.58. The predicted molar refractivity (Wildman–Crippen MR) is 120 cm³/mol. The van der Waals surface area contributed by atoms with Crippen molar-refractivity contribution in [3.63, 3.8) is 0 Å². The first-order valence-electron chi connectivity index (χ1n) is 10.5. The highest BCUT2D eigenvalue weighted by Gasteiger charge is 2.30. The molecule has 4 atom stereocenters. The van der Waals surface area contributed by atoms with Crippen LogP contribution in [-0.4, -0.2) is 54.0 Å². The zero-order valence-electron chi connectivity index (χ0n) is 18.0. The Balaban J connectivity index is 2.09. The molecule has 0 saturated carbocycles. The molecule has 0 heterocycles. The number of aliphatic hydroxyl groups excluding tert-OH is 1. The lowest BCUT2D eigenvalue weighted by molar-refractivity contribution is -0.135. The molecule has 0 spiro atoms. The van der Waals surface area contributed by atoms with Crippen LogP contribution in [0.5, 0.6) is 0 Å². The summed E-state index contributed by atoms with van der Waals surface area (Å²) in [6.07, 6.45) is -0.561. The van der Waals surface area contributed by atoms with E-state index < -0.39 is 35.9 Å². The van der Waals surface area contributed by atoms with E-state index in [2.05, 4.69) is 10.6 Å². The van der Waals surface area contributed by atoms with Gasteiger partial charge in [-0.3, -0.25) is 14.4 Å². The van der Waals surface area contributed by atoms with Crippen molar-refractivity contribution in [2.75, 3.05) is 13.1 Å². The molecule has 0 aliphatic carbocycles. The number of aliphatic hydroxyl groups is 1. The maximum atomic E-state index is 12.8. The Morgan fingerprint density at radius 2 is 1.65 bits per heavy atom. The van der Waals surface area contributed by atoms with Gasteiger partial charge in [-0.15, -0.1) is 0 Å². The number of nitrogens with two attached hydrogens (primary N) is 2. The minimum Gasteiger partial charge on any atom is -0.391 e. The molecule has 0 fully saturated rings. The number of carbonyl (C=O) groups is 3. The van der Waals surface area contributed by atoms with Gasteiger partial charge >= 0.3 is 0 Å². The summed E-state index contributed by atoms with van der Waals surface area (Å²) in [7, 11) is 0. The summed E-state index contributed by atoms with van der Waals surface area (Å²) in [5.74, 6) is -1.91. The summed E-state index contributed by atoms with van der Waals surface area (Å²) >= 11 is 0. The summed E-state index contributed by atoms with van der Waals surface area (Å²) in [6, 6.07) is 11.8. The lowest BCUT2D eigenvalue weighted by Gasteiger charge is -2.25. The standard InChI is InChI=1S/C23H32N4O4/c1-3-20(29)19(13-25)26-23(31)21(14(2)28)27-22(30)18(12-24)11-15-8-9-16-6-4-5-7-17(16)10-15/h4-10,14,18-19,21,28H,3,11-13,24-25H2,1-2H3,(H,26,31)(H,27,30)/t14-,18?,19-,21-/m0/s1. The Labute approximate surface area is 182 Å². The van der Waals surface area contributed by atoms with Crippen molar-refractivity contribution in [2.24, 2.45) is 17.4 Å². The number of benzene rings is 2. The van der Waals surface area contributed by atoms with Gasteiger partial charge in [-0.2, -0.15) is 0 Å². The smallest absolute Gasteiger partial charge is 0.245 e. The third-order valence-corrected chi connectivity index (χ3v) is 5.30. The van der Waals surface area contributed by atoms with Crippen molar-refractivity contribution >= 4 is 28.4 Å². The molecule has 2 aromatic carbocycles. The number of ketones is 1. The van der Waals surface area contributed by atoms with Crippen LogP contribution in [0, 0.1) is 5.92 Å². The molecule has 0 saturated heterocycles. The number of hydrogen-bond donors (Lipinski definition) is 5. The van der Waals surface area contributed by atoms with Gasteiger partial charge in [-0.25, -0.2) is 0 Å². The fraction of sp³-hybridized carbons (Fsp3) is 0.435. The van der Waals surface area contributed by atoms with Crippen molar-refractivity contribution in [1.29, 1.82) is 0 Å². The molecule has 7 N–H and O–H groups in total. The molecule has 2 amide bonds. The number of rotatable bonds is 11. The van der Waals surface area contributed by atoms with Crippen LogP contribution in [0.2, 0.25) is 0 Å². The van der Waals surface area contributed by atoms with Gasteiger partial charge < -0.3 is 27.2 Å². The minimum atomic E-state index is -1.23. The molecule has 1 unspecified atom stereocenters. The fourth-order valence-electron chi connectivity index (χ4n) is 3.39. The molecule has 2 aromatic rings. The molecule has 0 aliphatic heterocycles. The molecule has 0 radical (unpaired) electrons. The van der Waals surface area contributed by atoms with Crippen molar-refractivity contribution in [3.8, 4) is 0 Å². The van der Waals surface area contributed by atoms with E-state index in [1.165, 1.54) is 6.92 Å². The monoisotopic (exact) mass is 428 g/mol. The van der Waals surface area contributed by atoms with E-state index in [1.54, 1.807) is 6.92 Å². The largest absolute Gasteiger partial charge is 0.391 e. The van der Waals surface area contributed by atoms with Gasteiger partial charge in [0.1, 0.15) is 6.04 Å². The van der Waals surface area contributed by atoms with Crippen LogP contribution in [0.4, 0.5) is 0 Å². The van der Waals surface area contributed by atoms with Gasteiger partial charge in [0.15, 0.2) is 5.78 Å². The second-order valence-corrected chi connectivity index (χ2v) is 7.66. The topological polar surface area (TPSA) is 148 Å². The predicted octanol–water partition coefficient (Wildman–Crippen LogP) is 0.245. The molecule has 168 valence electrons. The van der Waals surface area contributed by atoms with Crippen LogP contribution in [0.1, 0.15) is 25.8 Å². The highest BCUT2D eigenvalue weighted by molar-refractivity contribution is 5.93. The Kier molecular flexibility index (Phi) is 9.11. The van der Waals surface area contributed by atoms with E-state index in [0.717, 1.165) is 16.3 Å². The summed E-state index contributed by atoms with van der Waals surface area (Å²) < 4.78 is 0. The number of amides is 2. The molecule has 0 aliphatic rings. The highest BCUT2D eigenvalue weighted by atomic mass is 16.3. The molecule has 0 bridgehead atoms. The zero-order chi connectivity index (χ0) is 23.0. The van der Waals surface area contributed by atoms with Gasteiger partial charge in [0.25, 0.3) is 0 Å². The molecule has 31 heavy (non-hydrogen) atoms. The maximum Gasteiger partial charge on any atom is 0.245 e. The van der Waals surface area contributed by atoms with E-state index in [1.807, 2.05) is 42.5 Å². The van der Waals surface area contributed by atoms with Crippen molar-refractivity contribution in [1.82, 2.24) is 10.6 Å². The van der Waals surface area contributed by atoms with Crippen molar-refractivity contribution < 1.29 is 19.5 Å². The Hall–Kier alpha value is -2.81. The highest BCUT2D eigenvalue weighted by Crippen LogP contribution is 2.18. The number of hydrogen-bond acceptors (Lipinski definition) is 6. The van der Waals surface area contributed by atoms with Gasteiger partial charge in [0.05, 0.1) is 18.1 Å². The second kappa shape index (κ2) is 11.5. The molecule has 8 nitrogen and oxygen atoms in total. The fourth-order valence-corrected chi connectivity index (χ4v) is 3.39. The first-order chi connectivity index (χ1) is 14.8. The number of carbonyl (C=O) groups excluding carboxylic acids is 3. The third kappa shape index (κ3) is 6.58. The average molecular weight is 429 g/mol. The van der Waals surface area contributed by atoms with Crippen LogP contribution < -0.4 is 22.1 Å². The third-order valence-electron chi connectivity index (χ3n) is 5.30. The zero-order valence-corrected chi connectivity index (χ0v) is 18.0. The first kappa shape index (κ1) is 24.5. The van der Waals surface area contributed by atoms with E-state index in [0.29, 0.717) is 6.42 Å². The SMILES string of the molecule is CCC(=O)[C@H](CN)NC(=O)[C@@H](NC(=O)C(CN)Cc1ccc2ccccc2c1)[C@H](C)O. The molecular weight excluding hydrogens is 396 g/mol. The van der Waals surface area contributed by atoms with Crippen LogP contribution in [0.15, 0.2) is 42.5 Å². The molecule has 8 heteroatoms. The quantitative estimate of drug-likeness (QED) is 0.346. The van der Waals surface area contributed by atoms with E-state index in [4.69, 9.17) is 11.5 Å². The van der Waals surface area contributed by atoms with Gasteiger partial charge in [0.2, 0.25) is 11.8 Å². The first-order valence-corrected chi connectivity index (χ1v) is 10.5. The Morgan fingerprint density at radius 1 is 0.968 bits per heavy atom. The van der Waals surface area contributed by atoms with Gasteiger partial charge in [0, 0.05) is 19.5 Å². The maximum absolute atomic E-state index is 12.8. The molecular formula is C23H32N4O4. The Morgan fingerprint density at radius 3 is 2.23 bits per heavy atom. The number of Topliss-reactive ketones (excluding diaryl/α,β-unsaturated/α-hetero) is 1. The molecule has 2 rings (SSSR count). The summed E-state index contributed by atoms with van der Waals surface area (Å²) in [5.41, 5.74) is 12.3. The average Bonchev–Trinajstić information content (AvgIpc) is 2.78.